The SMILES string of the molecule is O=C(Cn1cn[nH]c1=O)Nc1cccc2c1OCCC2. The monoisotopic (exact) mass is 274 g/mol. The number of nitrogens with zero attached hydrogens (tertiary/aromatic N) is 2. The van der Waals surface area contributed by atoms with Gasteiger partial charge in [0.05, 0.1) is 12.3 Å². The second-order valence-electron chi connectivity index (χ2n) is 4.58. The number of ether oxygens (including phenoxy) is 1. The minimum Gasteiger partial charge on any atom is -0.491 e. The van der Waals surface area contributed by atoms with Gasteiger partial charge in [-0.15, -0.1) is 0 Å². The molecule has 0 radical (unpaired) electrons. The molecule has 1 aliphatic rings. The van der Waals surface area contributed by atoms with E-state index in [1.54, 1.807) is 6.07 Å². The number of hydrogen-bond donors (Lipinski definition) is 2. The van der Waals surface area contributed by atoms with Crippen molar-refractivity contribution in [3.05, 3.63) is 40.6 Å². The molecule has 0 unspecified atom stereocenters. The highest BCUT2D eigenvalue weighted by atomic mass is 16.5. The van der Waals surface area contributed by atoms with Crippen molar-refractivity contribution in [1.29, 1.82) is 0 Å². The summed E-state index contributed by atoms with van der Waals surface area (Å²) in [6.45, 7) is 0.570. The number of benzene rings is 1. The van der Waals surface area contributed by atoms with E-state index in [2.05, 4.69) is 15.5 Å². The molecule has 2 N–H and O–H groups in total. The Morgan fingerprint density at radius 1 is 1.50 bits per heavy atom. The van der Waals surface area contributed by atoms with Crippen molar-refractivity contribution in [3.63, 3.8) is 0 Å². The number of carbonyl (C=O) groups is 1. The molecule has 0 aliphatic carbocycles. The average Bonchev–Trinajstić information content (AvgIpc) is 2.85. The highest BCUT2D eigenvalue weighted by Crippen LogP contribution is 2.32. The van der Waals surface area contributed by atoms with Gasteiger partial charge in [0.25, 0.3) is 0 Å². The number of para-hydroxylation sites is 1. The number of aromatic nitrogens is 3. The minimum absolute atomic E-state index is 0.0843. The third kappa shape index (κ3) is 2.42. The maximum absolute atomic E-state index is 11.9. The third-order valence-corrected chi connectivity index (χ3v) is 3.14. The molecule has 1 aromatic carbocycles. The molecule has 2 aromatic rings. The minimum atomic E-state index is -0.411. The molecular weight excluding hydrogens is 260 g/mol. The van der Waals surface area contributed by atoms with E-state index in [4.69, 9.17) is 4.74 Å². The molecular formula is C13H14N4O3. The van der Waals surface area contributed by atoms with Crippen LogP contribution in [0.25, 0.3) is 0 Å². The highest BCUT2D eigenvalue weighted by molar-refractivity contribution is 5.92. The van der Waals surface area contributed by atoms with Gasteiger partial charge in [-0.1, -0.05) is 12.1 Å². The fraction of sp³-hybridized carbons (Fsp3) is 0.308. The Balaban J connectivity index is 1.76. The van der Waals surface area contributed by atoms with Gasteiger partial charge in [-0.05, 0) is 24.5 Å². The molecule has 0 bridgehead atoms. The van der Waals surface area contributed by atoms with E-state index >= 15 is 0 Å². The molecule has 2 heterocycles. The van der Waals surface area contributed by atoms with E-state index in [0.29, 0.717) is 12.3 Å². The van der Waals surface area contributed by atoms with Gasteiger partial charge >= 0.3 is 5.69 Å². The van der Waals surface area contributed by atoms with E-state index in [-0.39, 0.29) is 12.5 Å². The van der Waals surface area contributed by atoms with Crippen molar-refractivity contribution in [2.24, 2.45) is 0 Å². The predicted molar refractivity (Wildman–Crippen MR) is 71.7 cm³/mol. The molecule has 0 saturated heterocycles. The fourth-order valence-electron chi connectivity index (χ4n) is 2.21. The molecule has 7 heteroatoms. The topological polar surface area (TPSA) is 89.0 Å². The van der Waals surface area contributed by atoms with Crippen LogP contribution in [-0.4, -0.2) is 27.3 Å². The lowest BCUT2D eigenvalue weighted by Crippen LogP contribution is -2.26. The van der Waals surface area contributed by atoms with Crippen molar-refractivity contribution in [1.82, 2.24) is 14.8 Å². The average molecular weight is 274 g/mol. The summed E-state index contributed by atoms with van der Waals surface area (Å²) in [7, 11) is 0. The van der Waals surface area contributed by atoms with E-state index in [9.17, 15) is 9.59 Å². The summed E-state index contributed by atoms with van der Waals surface area (Å²) >= 11 is 0. The molecule has 7 nitrogen and oxygen atoms in total. The zero-order valence-corrected chi connectivity index (χ0v) is 10.8. The van der Waals surface area contributed by atoms with E-state index in [1.165, 1.54) is 10.9 Å². The normalized spacial score (nSPS) is 13.4. The summed E-state index contributed by atoms with van der Waals surface area (Å²) in [4.78, 5) is 23.2. The second-order valence-corrected chi connectivity index (χ2v) is 4.58. The Labute approximate surface area is 114 Å². The molecule has 0 atom stereocenters. The Morgan fingerprint density at radius 3 is 3.20 bits per heavy atom. The molecule has 0 fully saturated rings. The number of carbonyl (C=O) groups excluding carboxylic acids is 1. The molecule has 104 valence electrons. The number of hydrogen-bond acceptors (Lipinski definition) is 4. The molecule has 3 rings (SSSR count). The van der Waals surface area contributed by atoms with Gasteiger partial charge in [-0.25, -0.2) is 9.89 Å². The first kappa shape index (κ1) is 12.5. The first-order valence-corrected chi connectivity index (χ1v) is 6.38. The fourth-order valence-corrected chi connectivity index (χ4v) is 2.21. The predicted octanol–water partition coefficient (Wildman–Crippen LogP) is 0.535. The van der Waals surface area contributed by atoms with Crippen LogP contribution in [0.1, 0.15) is 12.0 Å². The smallest absolute Gasteiger partial charge is 0.343 e. The molecule has 0 saturated carbocycles. The van der Waals surface area contributed by atoms with Crippen LogP contribution in [-0.2, 0) is 17.8 Å². The Kier molecular flexibility index (Phi) is 3.24. The van der Waals surface area contributed by atoms with Crippen LogP contribution in [0.2, 0.25) is 0 Å². The number of fused-ring (bicyclic) bond motifs is 1. The Hall–Kier alpha value is -2.57. The van der Waals surface area contributed by atoms with Gasteiger partial charge in [-0.3, -0.25) is 9.36 Å². The number of aryl methyl sites for hydroxylation is 1. The van der Waals surface area contributed by atoms with Gasteiger partial charge < -0.3 is 10.1 Å². The quantitative estimate of drug-likeness (QED) is 0.854. The van der Waals surface area contributed by atoms with Crippen molar-refractivity contribution >= 4 is 11.6 Å². The molecule has 1 aromatic heterocycles. The Bertz CT molecular complexity index is 689. The summed E-state index contributed by atoms with van der Waals surface area (Å²) in [5, 5.41) is 8.58. The lowest BCUT2D eigenvalue weighted by Gasteiger charge is -2.20. The molecule has 1 aliphatic heterocycles. The van der Waals surface area contributed by atoms with Crippen molar-refractivity contribution in [2.45, 2.75) is 19.4 Å². The molecule has 1 amide bonds. The lowest BCUT2D eigenvalue weighted by molar-refractivity contribution is -0.116. The number of amides is 1. The van der Waals surface area contributed by atoms with Crippen molar-refractivity contribution in [3.8, 4) is 5.75 Å². The number of H-pyrrole nitrogens is 1. The summed E-state index contributed by atoms with van der Waals surface area (Å²) in [6, 6.07) is 5.66. The largest absolute Gasteiger partial charge is 0.491 e. The molecule has 0 spiro atoms. The number of aromatic amines is 1. The van der Waals surface area contributed by atoms with Gasteiger partial charge in [-0.2, -0.15) is 5.10 Å². The van der Waals surface area contributed by atoms with Gasteiger partial charge in [0.1, 0.15) is 18.6 Å². The van der Waals surface area contributed by atoms with Crippen LogP contribution in [0, 0.1) is 0 Å². The summed E-state index contributed by atoms with van der Waals surface area (Å²) in [6.07, 6.45) is 3.22. The van der Waals surface area contributed by atoms with Gasteiger partial charge in [0, 0.05) is 0 Å². The lowest BCUT2D eigenvalue weighted by atomic mass is 10.1. The highest BCUT2D eigenvalue weighted by Gasteiger charge is 2.16. The van der Waals surface area contributed by atoms with E-state index in [0.717, 1.165) is 24.2 Å². The van der Waals surface area contributed by atoms with Crippen LogP contribution in [0.4, 0.5) is 5.69 Å². The van der Waals surface area contributed by atoms with Crippen molar-refractivity contribution < 1.29 is 9.53 Å². The van der Waals surface area contributed by atoms with Crippen LogP contribution in [0.5, 0.6) is 5.75 Å². The number of anilines is 1. The summed E-state index contributed by atoms with van der Waals surface area (Å²) in [5.74, 6) is 0.433. The zero-order chi connectivity index (χ0) is 13.9. The van der Waals surface area contributed by atoms with Crippen molar-refractivity contribution in [2.75, 3.05) is 11.9 Å². The number of nitrogens with one attached hydrogen (secondary N) is 2. The number of rotatable bonds is 3. The zero-order valence-electron chi connectivity index (χ0n) is 10.8. The Morgan fingerprint density at radius 2 is 2.40 bits per heavy atom. The molecule has 20 heavy (non-hydrogen) atoms. The van der Waals surface area contributed by atoms with Crippen LogP contribution in [0.3, 0.4) is 0 Å². The first-order chi connectivity index (χ1) is 9.74. The van der Waals surface area contributed by atoms with E-state index < -0.39 is 5.69 Å². The maximum atomic E-state index is 11.9. The van der Waals surface area contributed by atoms with Crippen LogP contribution in [0.15, 0.2) is 29.3 Å². The van der Waals surface area contributed by atoms with Gasteiger partial charge in [0.2, 0.25) is 5.91 Å². The van der Waals surface area contributed by atoms with Gasteiger partial charge in [0.15, 0.2) is 0 Å². The van der Waals surface area contributed by atoms with E-state index in [1.807, 2.05) is 12.1 Å². The standard InChI is InChI=1S/C13H14N4O3/c18-11(7-17-8-14-16-13(17)19)15-10-5-1-3-9-4-2-6-20-12(9)10/h1,3,5,8H,2,4,6-7H2,(H,15,18)(H,16,19). The van der Waals surface area contributed by atoms with Crippen LogP contribution >= 0.6 is 0 Å². The van der Waals surface area contributed by atoms with Crippen LogP contribution < -0.4 is 15.7 Å². The first-order valence-electron chi connectivity index (χ1n) is 6.38. The summed E-state index contributed by atoms with van der Waals surface area (Å²) < 4.78 is 6.81. The second kappa shape index (κ2) is 5.20. The summed E-state index contributed by atoms with van der Waals surface area (Å²) in [5.41, 5.74) is 1.32. The third-order valence-electron chi connectivity index (χ3n) is 3.14. The maximum Gasteiger partial charge on any atom is 0.343 e.